The number of aromatic nitrogens is 2. The fraction of sp³-hybridized carbons (Fsp3) is 0.474. The van der Waals surface area contributed by atoms with Gasteiger partial charge in [-0.2, -0.15) is 4.98 Å². The smallest absolute Gasteiger partial charge is 0.250 e. The highest BCUT2D eigenvalue weighted by atomic mass is 35.5. The molecule has 0 amide bonds. The van der Waals surface area contributed by atoms with Gasteiger partial charge in [0.1, 0.15) is 5.75 Å². The third-order valence-electron chi connectivity index (χ3n) is 5.01. The van der Waals surface area contributed by atoms with Gasteiger partial charge in [-0.3, -0.25) is 0 Å². The van der Waals surface area contributed by atoms with E-state index >= 15 is 0 Å². The van der Waals surface area contributed by atoms with E-state index in [0.29, 0.717) is 17.8 Å². The van der Waals surface area contributed by atoms with Crippen LogP contribution in [-0.2, 0) is 5.54 Å². The minimum atomic E-state index is -0.384. The molecular weight excluding hydrogens is 338 g/mol. The molecular formula is C19H24ClN3O2. The molecule has 0 radical (unpaired) electrons. The number of halogens is 1. The van der Waals surface area contributed by atoms with Crippen LogP contribution in [0.15, 0.2) is 28.8 Å². The Balaban J connectivity index is 0.00000182. The van der Waals surface area contributed by atoms with Gasteiger partial charge in [0, 0.05) is 6.08 Å². The van der Waals surface area contributed by atoms with Gasteiger partial charge < -0.3 is 15.0 Å². The highest BCUT2D eigenvalue weighted by molar-refractivity contribution is 5.85. The standard InChI is InChI=1S/C19H23N3O2.ClH/c20-19(11-4-12-19)18-21-17(24-22-18)10-9-14-5-3-8-16(13-14)23-15-6-1-2-7-15;/h3,5,8-10,13,15H,1-2,4,6-7,11-12,20H2;1H/b10-9+;. The van der Waals surface area contributed by atoms with Crippen molar-refractivity contribution in [2.24, 2.45) is 5.73 Å². The van der Waals surface area contributed by atoms with Gasteiger partial charge in [-0.15, -0.1) is 12.4 Å². The summed E-state index contributed by atoms with van der Waals surface area (Å²) in [5.74, 6) is 2.03. The molecule has 2 aliphatic rings. The molecule has 0 atom stereocenters. The summed E-state index contributed by atoms with van der Waals surface area (Å²) >= 11 is 0. The molecule has 1 aromatic carbocycles. The Morgan fingerprint density at radius 1 is 1.16 bits per heavy atom. The van der Waals surface area contributed by atoms with Gasteiger partial charge in [0.05, 0.1) is 11.6 Å². The van der Waals surface area contributed by atoms with Crippen LogP contribution in [0.5, 0.6) is 5.75 Å². The second-order valence-electron chi connectivity index (χ2n) is 6.90. The molecule has 2 N–H and O–H groups in total. The van der Waals surface area contributed by atoms with Crippen molar-refractivity contribution in [1.82, 2.24) is 10.1 Å². The third-order valence-corrected chi connectivity index (χ3v) is 5.01. The molecule has 6 heteroatoms. The van der Waals surface area contributed by atoms with Crippen LogP contribution in [0.1, 0.15) is 62.2 Å². The van der Waals surface area contributed by atoms with Crippen LogP contribution >= 0.6 is 12.4 Å². The van der Waals surface area contributed by atoms with Gasteiger partial charge in [0.2, 0.25) is 0 Å². The van der Waals surface area contributed by atoms with Gasteiger partial charge in [-0.1, -0.05) is 17.3 Å². The summed E-state index contributed by atoms with van der Waals surface area (Å²) in [6, 6.07) is 8.09. The summed E-state index contributed by atoms with van der Waals surface area (Å²) < 4.78 is 11.3. The minimum absolute atomic E-state index is 0. The predicted molar refractivity (Wildman–Crippen MR) is 99.5 cm³/mol. The lowest BCUT2D eigenvalue weighted by Crippen LogP contribution is -2.44. The Bertz CT molecular complexity index is 734. The molecule has 1 aromatic heterocycles. The first-order valence-corrected chi connectivity index (χ1v) is 8.79. The number of ether oxygens (including phenoxy) is 1. The molecule has 0 aliphatic heterocycles. The van der Waals surface area contributed by atoms with E-state index in [1.165, 1.54) is 12.8 Å². The quantitative estimate of drug-likeness (QED) is 0.858. The molecule has 25 heavy (non-hydrogen) atoms. The Morgan fingerprint density at radius 2 is 1.96 bits per heavy atom. The zero-order valence-electron chi connectivity index (χ0n) is 14.2. The first kappa shape index (κ1) is 18.0. The Labute approximate surface area is 154 Å². The number of benzene rings is 1. The van der Waals surface area contributed by atoms with Crippen LogP contribution < -0.4 is 10.5 Å². The average molecular weight is 362 g/mol. The van der Waals surface area contributed by atoms with E-state index in [2.05, 4.69) is 10.1 Å². The normalized spacial score (nSPS) is 19.6. The molecule has 2 aromatic rings. The van der Waals surface area contributed by atoms with Gasteiger partial charge in [0.15, 0.2) is 5.82 Å². The summed E-state index contributed by atoms with van der Waals surface area (Å²) in [7, 11) is 0. The first-order chi connectivity index (χ1) is 11.7. The van der Waals surface area contributed by atoms with Crippen molar-refractivity contribution in [3.05, 3.63) is 41.5 Å². The van der Waals surface area contributed by atoms with Crippen LogP contribution in [0, 0.1) is 0 Å². The van der Waals surface area contributed by atoms with Crippen LogP contribution in [-0.4, -0.2) is 16.2 Å². The highest BCUT2D eigenvalue weighted by Crippen LogP contribution is 2.37. The lowest BCUT2D eigenvalue weighted by atomic mass is 9.77. The van der Waals surface area contributed by atoms with Gasteiger partial charge in [0.25, 0.3) is 5.89 Å². The molecule has 2 saturated carbocycles. The number of rotatable bonds is 5. The molecule has 2 aliphatic carbocycles. The largest absolute Gasteiger partial charge is 0.490 e. The molecule has 134 valence electrons. The van der Waals surface area contributed by atoms with E-state index in [9.17, 15) is 0 Å². The van der Waals surface area contributed by atoms with Crippen molar-refractivity contribution in [2.45, 2.75) is 56.6 Å². The lowest BCUT2D eigenvalue weighted by molar-refractivity contribution is 0.210. The van der Waals surface area contributed by atoms with Crippen molar-refractivity contribution < 1.29 is 9.26 Å². The molecule has 0 bridgehead atoms. The SMILES string of the molecule is Cl.NC1(c2noc(/C=C/c3cccc(OC4CCCC4)c3)n2)CCC1. The van der Waals surface area contributed by atoms with Crippen LogP contribution in [0.2, 0.25) is 0 Å². The Morgan fingerprint density at radius 3 is 2.68 bits per heavy atom. The van der Waals surface area contributed by atoms with Crippen molar-refractivity contribution in [1.29, 1.82) is 0 Å². The second kappa shape index (κ2) is 7.58. The Kier molecular flexibility index (Phi) is 5.45. The number of nitrogens with two attached hydrogens (primary N) is 1. The third kappa shape index (κ3) is 4.05. The maximum absolute atomic E-state index is 6.22. The topological polar surface area (TPSA) is 74.2 Å². The summed E-state index contributed by atoms with van der Waals surface area (Å²) in [6.07, 6.45) is 12.0. The summed E-state index contributed by atoms with van der Waals surface area (Å²) in [4.78, 5) is 4.40. The fourth-order valence-electron chi connectivity index (χ4n) is 3.34. The number of nitrogens with zero attached hydrogens (tertiary/aromatic N) is 2. The monoisotopic (exact) mass is 361 g/mol. The van der Waals surface area contributed by atoms with E-state index in [1.807, 2.05) is 36.4 Å². The van der Waals surface area contributed by atoms with E-state index in [0.717, 1.165) is 43.4 Å². The molecule has 2 fully saturated rings. The van der Waals surface area contributed by atoms with E-state index < -0.39 is 0 Å². The molecule has 0 unspecified atom stereocenters. The maximum atomic E-state index is 6.22. The summed E-state index contributed by atoms with van der Waals surface area (Å²) in [5, 5.41) is 4.02. The van der Waals surface area contributed by atoms with E-state index in [1.54, 1.807) is 0 Å². The predicted octanol–water partition coefficient (Wildman–Crippen LogP) is 4.32. The molecule has 5 nitrogen and oxygen atoms in total. The first-order valence-electron chi connectivity index (χ1n) is 8.79. The van der Waals surface area contributed by atoms with Crippen LogP contribution in [0.4, 0.5) is 0 Å². The lowest BCUT2D eigenvalue weighted by Gasteiger charge is -2.34. The molecule has 0 saturated heterocycles. The number of hydrogen-bond donors (Lipinski definition) is 1. The average Bonchev–Trinajstić information content (AvgIpc) is 3.23. The fourth-order valence-corrected chi connectivity index (χ4v) is 3.34. The molecule has 1 heterocycles. The van der Waals surface area contributed by atoms with Crippen molar-refractivity contribution in [3.63, 3.8) is 0 Å². The zero-order valence-corrected chi connectivity index (χ0v) is 15.0. The zero-order chi connectivity index (χ0) is 16.4. The van der Waals surface area contributed by atoms with Crippen molar-refractivity contribution >= 4 is 24.6 Å². The summed E-state index contributed by atoms with van der Waals surface area (Å²) in [6.45, 7) is 0. The van der Waals surface area contributed by atoms with Crippen LogP contribution in [0.3, 0.4) is 0 Å². The van der Waals surface area contributed by atoms with E-state index in [4.69, 9.17) is 15.0 Å². The highest BCUT2D eigenvalue weighted by Gasteiger charge is 2.38. The van der Waals surface area contributed by atoms with Crippen LogP contribution in [0.25, 0.3) is 12.2 Å². The van der Waals surface area contributed by atoms with Gasteiger partial charge >= 0.3 is 0 Å². The second-order valence-corrected chi connectivity index (χ2v) is 6.90. The molecule has 4 rings (SSSR count). The maximum Gasteiger partial charge on any atom is 0.250 e. The summed E-state index contributed by atoms with van der Waals surface area (Å²) in [5.41, 5.74) is 6.88. The Hall–Kier alpha value is -1.85. The van der Waals surface area contributed by atoms with Crippen molar-refractivity contribution in [3.8, 4) is 5.75 Å². The van der Waals surface area contributed by atoms with E-state index in [-0.39, 0.29) is 17.9 Å². The minimum Gasteiger partial charge on any atom is -0.490 e. The van der Waals surface area contributed by atoms with Gasteiger partial charge in [-0.25, -0.2) is 0 Å². The number of hydrogen-bond acceptors (Lipinski definition) is 5. The van der Waals surface area contributed by atoms with Gasteiger partial charge in [-0.05, 0) is 68.7 Å². The van der Waals surface area contributed by atoms with Crippen molar-refractivity contribution in [2.75, 3.05) is 0 Å². The molecule has 0 spiro atoms.